The van der Waals surface area contributed by atoms with E-state index in [1.54, 1.807) is 5.38 Å². The van der Waals surface area contributed by atoms with Crippen molar-refractivity contribution in [3.63, 3.8) is 0 Å². The van der Waals surface area contributed by atoms with E-state index >= 15 is 0 Å². The van der Waals surface area contributed by atoms with Gasteiger partial charge in [-0.15, -0.1) is 11.3 Å². The Kier molecular flexibility index (Phi) is 4.35. The van der Waals surface area contributed by atoms with Crippen molar-refractivity contribution in [1.29, 1.82) is 0 Å². The molecule has 1 aliphatic rings. The van der Waals surface area contributed by atoms with Crippen molar-refractivity contribution in [1.82, 2.24) is 15.3 Å². The minimum Gasteiger partial charge on any atom is -0.357 e. The minimum atomic E-state index is -0.264. The fourth-order valence-corrected chi connectivity index (χ4v) is 3.35. The van der Waals surface area contributed by atoms with Crippen LogP contribution in [0.5, 0.6) is 0 Å². The van der Waals surface area contributed by atoms with Crippen molar-refractivity contribution >= 4 is 23.1 Å². The maximum absolute atomic E-state index is 12.1. The van der Waals surface area contributed by atoms with Gasteiger partial charge in [0.25, 0.3) is 5.91 Å². The van der Waals surface area contributed by atoms with Gasteiger partial charge in [0.2, 0.25) is 0 Å². The highest BCUT2D eigenvalue weighted by Gasteiger charge is 2.18. The lowest BCUT2D eigenvalue weighted by atomic mass is 10.1. The summed E-state index contributed by atoms with van der Waals surface area (Å²) >= 11 is 1.47. The predicted molar refractivity (Wildman–Crippen MR) is 94.0 cm³/mol. The molecular weight excluding hydrogens is 308 g/mol. The molecule has 1 saturated heterocycles. The molecule has 0 saturated carbocycles. The molecule has 0 bridgehead atoms. The van der Waals surface area contributed by atoms with Crippen molar-refractivity contribution < 1.29 is 4.79 Å². The molecule has 3 heterocycles. The Labute approximate surface area is 140 Å². The van der Waals surface area contributed by atoms with Crippen LogP contribution < -0.4 is 10.2 Å². The zero-order valence-electron chi connectivity index (χ0n) is 13.8. The van der Waals surface area contributed by atoms with Gasteiger partial charge < -0.3 is 10.2 Å². The van der Waals surface area contributed by atoms with Crippen LogP contribution in [-0.2, 0) is 0 Å². The summed E-state index contributed by atoms with van der Waals surface area (Å²) in [6.45, 7) is 8.04. The summed E-state index contributed by atoms with van der Waals surface area (Å²) in [4.78, 5) is 23.4. The number of hydrogen-bond acceptors (Lipinski definition) is 5. The lowest BCUT2D eigenvalue weighted by molar-refractivity contribution is 0.0915. The highest BCUT2D eigenvalue weighted by molar-refractivity contribution is 7.13. The SMILES string of the molecule is CC(C)(C)NC(=O)c1csc(-c2ccc(N3CCCC3)nc2)n1. The molecule has 0 radical (unpaired) electrons. The first-order valence-electron chi connectivity index (χ1n) is 7.92. The first kappa shape index (κ1) is 15.9. The number of hydrogen-bond donors (Lipinski definition) is 1. The number of rotatable bonds is 3. The fourth-order valence-electron chi connectivity index (χ4n) is 2.56. The molecule has 1 N–H and O–H groups in total. The number of carbonyl (C=O) groups is 1. The molecule has 0 atom stereocenters. The summed E-state index contributed by atoms with van der Waals surface area (Å²) in [7, 11) is 0. The predicted octanol–water partition coefficient (Wildman–Crippen LogP) is 3.33. The summed E-state index contributed by atoms with van der Waals surface area (Å²) in [5.74, 6) is 0.884. The first-order chi connectivity index (χ1) is 10.9. The van der Waals surface area contributed by atoms with Crippen LogP contribution in [0.15, 0.2) is 23.7 Å². The minimum absolute atomic E-state index is 0.137. The van der Waals surface area contributed by atoms with Gasteiger partial charge in [0.05, 0.1) is 0 Å². The molecule has 23 heavy (non-hydrogen) atoms. The Morgan fingerprint density at radius 3 is 2.61 bits per heavy atom. The number of aromatic nitrogens is 2. The van der Waals surface area contributed by atoms with E-state index in [0.717, 1.165) is 29.5 Å². The smallest absolute Gasteiger partial charge is 0.271 e. The van der Waals surface area contributed by atoms with Crippen LogP contribution in [0, 0.1) is 0 Å². The zero-order valence-corrected chi connectivity index (χ0v) is 14.6. The number of nitrogens with zero attached hydrogens (tertiary/aromatic N) is 3. The third kappa shape index (κ3) is 3.88. The van der Waals surface area contributed by atoms with E-state index in [1.165, 1.54) is 24.2 Å². The van der Waals surface area contributed by atoms with Crippen molar-refractivity contribution in [2.45, 2.75) is 39.2 Å². The molecule has 122 valence electrons. The van der Waals surface area contributed by atoms with E-state index in [2.05, 4.69) is 20.2 Å². The van der Waals surface area contributed by atoms with Crippen LogP contribution in [0.2, 0.25) is 0 Å². The molecule has 3 rings (SSSR count). The Morgan fingerprint density at radius 2 is 2.00 bits per heavy atom. The Bertz CT molecular complexity index is 681. The molecule has 1 amide bonds. The van der Waals surface area contributed by atoms with E-state index in [0.29, 0.717) is 5.69 Å². The summed E-state index contributed by atoms with van der Waals surface area (Å²) in [5.41, 5.74) is 1.15. The van der Waals surface area contributed by atoms with E-state index in [-0.39, 0.29) is 11.4 Å². The Balaban J connectivity index is 1.73. The second kappa shape index (κ2) is 6.28. The molecule has 0 aromatic carbocycles. The second-order valence-corrected chi connectivity index (χ2v) is 7.70. The third-order valence-corrected chi connectivity index (χ3v) is 4.54. The van der Waals surface area contributed by atoms with Gasteiger partial charge in [0, 0.05) is 35.8 Å². The van der Waals surface area contributed by atoms with E-state index < -0.39 is 0 Å². The number of nitrogens with one attached hydrogen (secondary N) is 1. The lowest BCUT2D eigenvalue weighted by Gasteiger charge is -2.19. The van der Waals surface area contributed by atoms with Gasteiger partial charge in [-0.2, -0.15) is 0 Å². The van der Waals surface area contributed by atoms with E-state index in [4.69, 9.17) is 0 Å². The van der Waals surface area contributed by atoms with Gasteiger partial charge in [0.15, 0.2) is 0 Å². The lowest BCUT2D eigenvalue weighted by Crippen LogP contribution is -2.40. The van der Waals surface area contributed by atoms with Crippen LogP contribution in [0.3, 0.4) is 0 Å². The maximum atomic E-state index is 12.1. The number of anilines is 1. The van der Waals surface area contributed by atoms with E-state index in [9.17, 15) is 4.79 Å². The molecule has 2 aromatic heterocycles. The van der Waals surface area contributed by atoms with Crippen molar-refractivity contribution in [3.8, 4) is 10.6 Å². The standard InChI is InChI=1S/C17H22N4OS/c1-17(2,3)20-15(22)13-11-23-16(19-13)12-6-7-14(18-10-12)21-8-4-5-9-21/h6-7,10-11H,4-5,8-9H2,1-3H3,(H,20,22). The molecule has 0 spiro atoms. The first-order valence-corrected chi connectivity index (χ1v) is 8.80. The van der Waals surface area contributed by atoms with Gasteiger partial charge in [0.1, 0.15) is 16.5 Å². The van der Waals surface area contributed by atoms with Crippen LogP contribution in [0.1, 0.15) is 44.1 Å². The monoisotopic (exact) mass is 330 g/mol. The average molecular weight is 330 g/mol. The fraction of sp³-hybridized carbons (Fsp3) is 0.471. The summed E-state index contributed by atoms with van der Waals surface area (Å²) in [6.07, 6.45) is 4.32. The number of amides is 1. The topological polar surface area (TPSA) is 58.1 Å². The van der Waals surface area contributed by atoms with Crippen LogP contribution in [-0.4, -0.2) is 34.5 Å². The zero-order chi connectivity index (χ0) is 16.4. The molecule has 0 aliphatic carbocycles. The highest BCUT2D eigenvalue weighted by atomic mass is 32.1. The Morgan fingerprint density at radius 1 is 1.26 bits per heavy atom. The quantitative estimate of drug-likeness (QED) is 0.938. The molecular formula is C17H22N4OS. The van der Waals surface area contributed by atoms with Gasteiger partial charge in [-0.3, -0.25) is 4.79 Å². The van der Waals surface area contributed by atoms with Crippen LogP contribution >= 0.6 is 11.3 Å². The molecule has 1 fully saturated rings. The largest absolute Gasteiger partial charge is 0.357 e. The van der Waals surface area contributed by atoms with Gasteiger partial charge in [-0.1, -0.05) is 0 Å². The van der Waals surface area contributed by atoms with Crippen LogP contribution in [0.4, 0.5) is 5.82 Å². The van der Waals surface area contributed by atoms with Crippen molar-refractivity contribution in [3.05, 3.63) is 29.4 Å². The molecule has 2 aromatic rings. The average Bonchev–Trinajstić information content (AvgIpc) is 3.18. The third-order valence-electron chi connectivity index (χ3n) is 3.65. The normalized spacial score (nSPS) is 15.0. The number of thiazole rings is 1. The Hall–Kier alpha value is -1.95. The summed E-state index contributed by atoms with van der Waals surface area (Å²) < 4.78 is 0. The number of carbonyl (C=O) groups excluding carboxylic acids is 1. The number of pyridine rings is 1. The van der Waals surface area contributed by atoms with Gasteiger partial charge in [-0.05, 0) is 45.7 Å². The molecule has 0 unspecified atom stereocenters. The van der Waals surface area contributed by atoms with Crippen molar-refractivity contribution in [2.24, 2.45) is 0 Å². The van der Waals surface area contributed by atoms with Gasteiger partial charge in [-0.25, -0.2) is 9.97 Å². The summed E-state index contributed by atoms with van der Waals surface area (Å²) in [5, 5.41) is 5.55. The van der Waals surface area contributed by atoms with Gasteiger partial charge >= 0.3 is 0 Å². The summed E-state index contributed by atoms with van der Waals surface area (Å²) in [6, 6.07) is 4.07. The second-order valence-electron chi connectivity index (χ2n) is 6.84. The highest BCUT2D eigenvalue weighted by Crippen LogP contribution is 2.26. The molecule has 5 nitrogen and oxygen atoms in total. The van der Waals surface area contributed by atoms with E-state index in [1.807, 2.05) is 39.1 Å². The molecule has 6 heteroatoms. The van der Waals surface area contributed by atoms with Crippen LogP contribution in [0.25, 0.3) is 10.6 Å². The van der Waals surface area contributed by atoms with Crippen molar-refractivity contribution in [2.75, 3.05) is 18.0 Å². The maximum Gasteiger partial charge on any atom is 0.271 e. The molecule has 1 aliphatic heterocycles.